The van der Waals surface area contributed by atoms with E-state index in [0.29, 0.717) is 19.3 Å². The standard InChI is InChI=1S/3C7H10O2.Ga/c3*8-7(9)6-4-2-1-3-5-6;/h3*1-2,6H,3-5H2,(H,8,9);/q;;;+3/p-3. The predicted octanol–water partition coefficient (Wildman–Crippen LogP) is -0.103. The minimum atomic E-state index is -0.903. The summed E-state index contributed by atoms with van der Waals surface area (Å²) < 4.78 is 0. The monoisotopic (exact) mass is 444 g/mol. The van der Waals surface area contributed by atoms with Gasteiger partial charge in [0.1, 0.15) is 0 Å². The average molecular weight is 445 g/mol. The van der Waals surface area contributed by atoms with Crippen molar-refractivity contribution in [1.29, 1.82) is 0 Å². The first-order valence-corrected chi connectivity index (χ1v) is 9.49. The van der Waals surface area contributed by atoms with Crippen LogP contribution in [0.15, 0.2) is 36.5 Å². The molecule has 0 N–H and O–H groups in total. The van der Waals surface area contributed by atoms with Gasteiger partial charge in [-0.25, -0.2) is 0 Å². The van der Waals surface area contributed by atoms with Crippen molar-refractivity contribution in [2.75, 3.05) is 0 Å². The van der Waals surface area contributed by atoms with Gasteiger partial charge in [-0.1, -0.05) is 36.5 Å². The summed E-state index contributed by atoms with van der Waals surface area (Å²) in [7, 11) is 0. The van der Waals surface area contributed by atoms with Crippen LogP contribution >= 0.6 is 0 Å². The Morgan fingerprint density at radius 2 is 0.786 bits per heavy atom. The van der Waals surface area contributed by atoms with Gasteiger partial charge in [-0.15, -0.1) is 0 Å². The van der Waals surface area contributed by atoms with E-state index in [4.69, 9.17) is 0 Å². The van der Waals surface area contributed by atoms with E-state index in [0.717, 1.165) is 38.5 Å². The Morgan fingerprint density at radius 3 is 0.893 bits per heavy atom. The van der Waals surface area contributed by atoms with Crippen molar-refractivity contribution >= 4 is 37.7 Å². The third-order valence-electron chi connectivity index (χ3n) is 4.81. The zero-order valence-electron chi connectivity index (χ0n) is 16.1. The van der Waals surface area contributed by atoms with E-state index < -0.39 is 17.9 Å². The van der Waals surface area contributed by atoms with E-state index in [1.54, 1.807) is 0 Å². The summed E-state index contributed by atoms with van der Waals surface area (Å²) in [6.45, 7) is 0. The van der Waals surface area contributed by atoms with E-state index in [-0.39, 0.29) is 37.5 Å². The molecule has 0 aliphatic heterocycles. The molecule has 3 rings (SSSR count). The number of carboxylic acid groups (broad SMARTS) is 3. The number of carbonyl (C=O) groups is 3. The smallest absolute Gasteiger partial charge is 0.550 e. The van der Waals surface area contributed by atoms with Crippen molar-refractivity contribution in [2.45, 2.75) is 57.8 Å². The molecular formula is C21H27GaO6. The van der Waals surface area contributed by atoms with Gasteiger partial charge in [0, 0.05) is 35.7 Å². The first-order chi connectivity index (χ1) is 12.9. The zero-order chi connectivity index (χ0) is 20.1. The molecule has 0 saturated carbocycles. The topological polar surface area (TPSA) is 120 Å². The Balaban J connectivity index is 0.000000384. The van der Waals surface area contributed by atoms with Crippen LogP contribution in [-0.2, 0) is 14.4 Å². The van der Waals surface area contributed by atoms with Gasteiger partial charge >= 0.3 is 19.8 Å². The molecule has 3 aliphatic rings. The summed E-state index contributed by atoms with van der Waals surface area (Å²) in [4.78, 5) is 30.6. The average Bonchev–Trinajstić information content (AvgIpc) is 2.71. The second kappa shape index (κ2) is 15.2. The maximum absolute atomic E-state index is 10.2. The molecule has 0 spiro atoms. The third-order valence-corrected chi connectivity index (χ3v) is 4.81. The molecule has 0 aromatic rings. The van der Waals surface area contributed by atoms with Crippen LogP contribution in [0.5, 0.6) is 0 Å². The van der Waals surface area contributed by atoms with Gasteiger partial charge in [0.15, 0.2) is 0 Å². The predicted molar refractivity (Wildman–Crippen MR) is 100 cm³/mol. The molecule has 0 fully saturated rings. The molecule has 7 heteroatoms. The largest absolute Gasteiger partial charge is 3.00 e. The van der Waals surface area contributed by atoms with Gasteiger partial charge in [0.2, 0.25) is 0 Å². The Hall–Kier alpha value is -1.73. The molecule has 6 nitrogen and oxygen atoms in total. The Morgan fingerprint density at radius 1 is 0.536 bits per heavy atom. The molecular weight excluding hydrogens is 418 g/mol. The van der Waals surface area contributed by atoms with E-state index in [1.807, 2.05) is 36.5 Å². The summed E-state index contributed by atoms with van der Waals surface area (Å²) in [6.07, 6.45) is 18.6. The van der Waals surface area contributed by atoms with Crippen molar-refractivity contribution in [1.82, 2.24) is 0 Å². The van der Waals surface area contributed by atoms with Crippen LogP contribution in [0.1, 0.15) is 57.8 Å². The Labute approximate surface area is 179 Å². The van der Waals surface area contributed by atoms with Crippen molar-refractivity contribution < 1.29 is 29.7 Å². The Bertz CT molecular complexity index is 501. The summed E-state index contributed by atoms with van der Waals surface area (Å²) in [6, 6.07) is 0. The summed E-state index contributed by atoms with van der Waals surface area (Å²) in [5, 5.41) is 30.6. The van der Waals surface area contributed by atoms with Gasteiger partial charge in [0.25, 0.3) is 0 Å². The molecule has 0 aromatic carbocycles. The summed E-state index contributed by atoms with van der Waals surface area (Å²) in [5.74, 6) is -3.39. The van der Waals surface area contributed by atoms with E-state index in [2.05, 4.69) is 0 Å². The number of carbonyl (C=O) groups excluding carboxylic acids is 3. The molecule has 150 valence electrons. The maximum Gasteiger partial charge on any atom is 3.00 e. The van der Waals surface area contributed by atoms with E-state index in [9.17, 15) is 29.7 Å². The van der Waals surface area contributed by atoms with Crippen LogP contribution in [0.3, 0.4) is 0 Å². The van der Waals surface area contributed by atoms with Crippen molar-refractivity contribution in [3.8, 4) is 0 Å². The molecule has 0 radical (unpaired) electrons. The molecule has 3 atom stereocenters. The van der Waals surface area contributed by atoms with Gasteiger partial charge in [-0.3, -0.25) is 0 Å². The molecule has 0 amide bonds. The van der Waals surface area contributed by atoms with Crippen LogP contribution in [0.4, 0.5) is 0 Å². The van der Waals surface area contributed by atoms with Gasteiger partial charge in [-0.05, 0) is 57.8 Å². The summed E-state index contributed by atoms with van der Waals surface area (Å²) in [5.41, 5.74) is 0. The number of hydrogen-bond acceptors (Lipinski definition) is 6. The molecule has 0 saturated heterocycles. The fourth-order valence-electron chi connectivity index (χ4n) is 3.02. The number of rotatable bonds is 3. The SMILES string of the molecule is O=C([O-])C1CC=CCC1.O=C([O-])C1CC=CCC1.O=C([O-])C1CC=CCC1.[Ga+3]. The van der Waals surface area contributed by atoms with Crippen LogP contribution in [0.25, 0.3) is 0 Å². The fraction of sp³-hybridized carbons (Fsp3) is 0.571. The van der Waals surface area contributed by atoms with Crippen LogP contribution in [-0.4, -0.2) is 37.7 Å². The molecule has 0 bridgehead atoms. The fourth-order valence-corrected chi connectivity index (χ4v) is 3.02. The number of allylic oxidation sites excluding steroid dienone is 6. The van der Waals surface area contributed by atoms with Crippen molar-refractivity contribution in [3.63, 3.8) is 0 Å². The number of aliphatic carboxylic acids is 3. The van der Waals surface area contributed by atoms with Crippen LogP contribution in [0, 0.1) is 17.8 Å². The quantitative estimate of drug-likeness (QED) is 0.442. The minimum Gasteiger partial charge on any atom is -0.550 e. The number of hydrogen-bond donors (Lipinski definition) is 0. The van der Waals surface area contributed by atoms with Crippen molar-refractivity contribution in [3.05, 3.63) is 36.5 Å². The van der Waals surface area contributed by atoms with Crippen LogP contribution < -0.4 is 15.3 Å². The zero-order valence-corrected chi connectivity index (χ0v) is 18.5. The molecule has 0 aromatic heterocycles. The maximum atomic E-state index is 10.2. The Kier molecular flexibility index (Phi) is 14.3. The first kappa shape index (κ1) is 26.3. The normalized spacial score (nSPS) is 25.1. The van der Waals surface area contributed by atoms with Gasteiger partial charge < -0.3 is 29.7 Å². The first-order valence-electron chi connectivity index (χ1n) is 9.49. The minimum absolute atomic E-state index is 0. The van der Waals surface area contributed by atoms with Gasteiger partial charge in [-0.2, -0.15) is 0 Å². The molecule has 28 heavy (non-hydrogen) atoms. The van der Waals surface area contributed by atoms with Gasteiger partial charge in [0.05, 0.1) is 0 Å². The third kappa shape index (κ3) is 11.2. The van der Waals surface area contributed by atoms with Crippen LogP contribution in [0.2, 0.25) is 0 Å². The molecule has 3 aliphatic carbocycles. The van der Waals surface area contributed by atoms with E-state index >= 15 is 0 Å². The van der Waals surface area contributed by atoms with E-state index in [1.165, 1.54) is 0 Å². The number of carboxylic acids is 3. The second-order valence-corrected chi connectivity index (χ2v) is 6.90. The second-order valence-electron chi connectivity index (χ2n) is 6.90. The molecule has 0 heterocycles. The summed E-state index contributed by atoms with van der Waals surface area (Å²) >= 11 is 0. The van der Waals surface area contributed by atoms with Crippen molar-refractivity contribution in [2.24, 2.45) is 17.8 Å². The molecule has 3 unspecified atom stereocenters.